The Bertz CT molecular complexity index is 735. The third-order valence-electron chi connectivity index (χ3n) is 6.22. The fourth-order valence-corrected chi connectivity index (χ4v) is 4.46. The zero-order chi connectivity index (χ0) is 22.2. The Morgan fingerprint density at radius 3 is 2.44 bits per heavy atom. The summed E-state index contributed by atoms with van der Waals surface area (Å²) in [6, 6.07) is 8.32. The second-order valence-electron chi connectivity index (χ2n) is 8.43. The predicted molar refractivity (Wildman–Crippen MR) is 141 cm³/mol. The number of likely N-dealkylation sites (tertiary alicyclic amines) is 1. The van der Waals surface area contributed by atoms with E-state index in [9.17, 15) is 4.79 Å². The first-order valence-corrected chi connectivity index (χ1v) is 11.3. The van der Waals surface area contributed by atoms with Gasteiger partial charge in [0.2, 0.25) is 5.91 Å². The van der Waals surface area contributed by atoms with Gasteiger partial charge in [0.15, 0.2) is 5.96 Å². The number of rotatable bonds is 7. The van der Waals surface area contributed by atoms with E-state index in [2.05, 4.69) is 37.1 Å². The number of nitrogens with one attached hydrogen (secondary N) is 1. The number of carbonyl (C=O) groups is 1. The lowest BCUT2D eigenvalue weighted by Crippen LogP contribution is -2.52. The second kappa shape index (κ2) is 13.1. The molecule has 3 rings (SSSR count). The Hall–Kier alpha value is -1.75. The van der Waals surface area contributed by atoms with E-state index in [1.165, 1.54) is 5.69 Å². The number of methoxy groups -OCH3 is 1. The summed E-state index contributed by atoms with van der Waals surface area (Å²) >= 11 is 0. The molecule has 2 aliphatic heterocycles. The molecule has 1 amide bonds. The molecule has 9 heteroatoms. The normalized spacial score (nSPS) is 19.5. The van der Waals surface area contributed by atoms with Crippen LogP contribution in [0, 0.1) is 0 Å². The predicted octanol–water partition coefficient (Wildman–Crippen LogP) is 1.95. The molecule has 32 heavy (non-hydrogen) atoms. The fourth-order valence-electron chi connectivity index (χ4n) is 4.46. The van der Waals surface area contributed by atoms with E-state index < -0.39 is 0 Å². The number of benzene rings is 1. The fraction of sp³-hybridized carbons (Fsp3) is 0.652. The molecule has 0 aromatic heterocycles. The average Bonchev–Trinajstić information content (AvgIpc) is 3.27. The number of hydrogen-bond donors (Lipinski definition) is 1. The molecule has 1 unspecified atom stereocenters. The number of halogens is 1. The van der Waals surface area contributed by atoms with Crippen molar-refractivity contribution in [2.75, 3.05) is 79.0 Å². The van der Waals surface area contributed by atoms with Crippen molar-refractivity contribution in [3.8, 4) is 5.75 Å². The Morgan fingerprint density at radius 2 is 1.84 bits per heavy atom. The van der Waals surface area contributed by atoms with Crippen LogP contribution in [0.2, 0.25) is 0 Å². The molecular formula is C23H39IN6O2. The number of ether oxygens (including phenoxy) is 1. The molecule has 0 bridgehead atoms. The van der Waals surface area contributed by atoms with Crippen LogP contribution in [-0.4, -0.2) is 107 Å². The lowest BCUT2D eigenvalue weighted by atomic mass is 10.2. The topological polar surface area (TPSA) is 63.7 Å². The molecule has 0 spiro atoms. The first-order chi connectivity index (χ1) is 15.0. The van der Waals surface area contributed by atoms with Gasteiger partial charge in [0.1, 0.15) is 5.75 Å². The van der Waals surface area contributed by atoms with Gasteiger partial charge in [-0.3, -0.25) is 14.7 Å². The van der Waals surface area contributed by atoms with Crippen molar-refractivity contribution < 1.29 is 9.53 Å². The van der Waals surface area contributed by atoms with Crippen LogP contribution in [0.15, 0.2) is 29.3 Å². The Kier molecular flexibility index (Phi) is 10.8. The SMILES string of the molecule is CN=C(NCCCN1CCCC1C(=O)N(C)C)N1CCN(c2ccc(OC)cc2)CC1.I. The highest BCUT2D eigenvalue weighted by Gasteiger charge is 2.31. The third kappa shape index (κ3) is 6.87. The van der Waals surface area contributed by atoms with Crippen LogP contribution < -0.4 is 15.0 Å². The minimum atomic E-state index is 0. The summed E-state index contributed by atoms with van der Waals surface area (Å²) in [5, 5.41) is 3.52. The molecule has 0 saturated carbocycles. The standard InChI is InChI=1S/C23H38N6O2.HI/c1-24-23(25-12-6-14-28-13-5-7-21(28)22(30)26(2)3)29-17-15-27(16-18-29)19-8-10-20(31-4)11-9-19;/h8-11,21H,5-7,12-18H2,1-4H3,(H,24,25);1H. The van der Waals surface area contributed by atoms with Gasteiger partial charge in [-0.15, -0.1) is 24.0 Å². The number of aliphatic imine (C=N–C) groups is 1. The van der Waals surface area contributed by atoms with Crippen molar-refractivity contribution in [1.29, 1.82) is 0 Å². The lowest BCUT2D eigenvalue weighted by molar-refractivity contribution is -0.133. The Morgan fingerprint density at radius 1 is 1.16 bits per heavy atom. The van der Waals surface area contributed by atoms with E-state index in [1.54, 1.807) is 12.0 Å². The van der Waals surface area contributed by atoms with Gasteiger partial charge in [-0.2, -0.15) is 0 Å². The van der Waals surface area contributed by atoms with Crippen LogP contribution in [0.5, 0.6) is 5.75 Å². The van der Waals surface area contributed by atoms with E-state index in [1.807, 2.05) is 33.3 Å². The number of piperazine rings is 1. The monoisotopic (exact) mass is 558 g/mol. The van der Waals surface area contributed by atoms with E-state index in [4.69, 9.17) is 4.74 Å². The summed E-state index contributed by atoms with van der Waals surface area (Å²) in [6.07, 6.45) is 3.09. The zero-order valence-electron chi connectivity index (χ0n) is 19.9. The summed E-state index contributed by atoms with van der Waals surface area (Å²) in [5.74, 6) is 2.09. The van der Waals surface area contributed by atoms with Crippen LogP contribution in [-0.2, 0) is 4.79 Å². The highest BCUT2D eigenvalue weighted by molar-refractivity contribution is 14.0. The van der Waals surface area contributed by atoms with Gasteiger partial charge >= 0.3 is 0 Å². The number of amides is 1. The molecule has 2 aliphatic rings. The smallest absolute Gasteiger partial charge is 0.239 e. The highest BCUT2D eigenvalue weighted by atomic mass is 127. The van der Waals surface area contributed by atoms with Crippen molar-refractivity contribution in [2.24, 2.45) is 4.99 Å². The van der Waals surface area contributed by atoms with Crippen LogP contribution in [0.1, 0.15) is 19.3 Å². The van der Waals surface area contributed by atoms with Gasteiger partial charge in [0.05, 0.1) is 13.2 Å². The minimum Gasteiger partial charge on any atom is -0.497 e. The van der Waals surface area contributed by atoms with Crippen molar-refractivity contribution >= 4 is 41.5 Å². The molecule has 2 heterocycles. The molecule has 1 atom stereocenters. The Balaban J connectivity index is 0.00000363. The molecule has 1 aromatic rings. The average molecular weight is 559 g/mol. The number of guanidine groups is 1. The maximum absolute atomic E-state index is 12.3. The number of anilines is 1. The lowest BCUT2D eigenvalue weighted by Gasteiger charge is -2.37. The molecule has 1 N–H and O–H groups in total. The first kappa shape index (κ1) is 26.5. The van der Waals surface area contributed by atoms with E-state index in [-0.39, 0.29) is 35.9 Å². The van der Waals surface area contributed by atoms with Crippen LogP contribution in [0.3, 0.4) is 0 Å². The summed E-state index contributed by atoms with van der Waals surface area (Å²) in [7, 11) is 7.24. The first-order valence-electron chi connectivity index (χ1n) is 11.3. The zero-order valence-corrected chi connectivity index (χ0v) is 22.2. The molecule has 1 aromatic carbocycles. The van der Waals surface area contributed by atoms with Crippen molar-refractivity contribution in [3.63, 3.8) is 0 Å². The number of likely N-dealkylation sites (N-methyl/N-ethyl adjacent to an activating group) is 1. The van der Waals surface area contributed by atoms with Gasteiger partial charge in [-0.1, -0.05) is 0 Å². The van der Waals surface area contributed by atoms with E-state index in [0.717, 1.165) is 76.8 Å². The molecule has 0 radical (unpaired) electrons. The Labute approximate surface area is 210 Å². The van der Waals surface area contributed by atoms with E-state index in [0.29, 0.717) is 0 Å². The van der Waals surface area contributed by atoms with Crippen LogP contribution >= 0.6 is 24.0 Å². The maximum atomic E-state index is 12.3. The molecule has 0 aliphatic carbocycles. The largest absolute Gasteiger partial charge is 0.497 e. The number of hydrogen-bond acceptors (Lipinski definition) is 5. The summed E-state index contributed by atoms with van der Waals surface area (Å²) < 4.78 is 5.25. The number of carbonyl (C=O) groups excluding carboxylic acids is 1. The molecule has 2 saturated heterocycles. The highest BCUT2D eigenvalue weighted by Crippen LogP contribution is 2.21. The van der Waals surface area contributed by atoms with Crippen LogP contribution in [0.4, 0.5) is 5.69 Å². The molecular weight excluding hydrogens is 519 g/mol. The molecule has 2 fully saturated rings. The van der Waals surface area contributed by atoms with Gasteiger partial charge in [0.25, 0.3) is 0 Å². The maximum Gasteiger partial charge on any atom is 0.239 e. The minimum absolute atomic E-state index is 0. The van der Waals surface area contributed by atoms with Gasteiger partial charge < -0.3 is 24.8 Å². The van der Waals surface area contributed by atoms with Crippen LogP contribution in [0.25, 0.3) is 0 Å². The summed E-state index contributed by atoms with van der Waals surface area (Å²) in [4.78, 5) is 25.6. The summed E-state index contributed by atoms with van der Waals surface area (Å²) in [6.45, 7) is 6.65. The van der Waals surface area contributed by atoms with Gasteiger partial charge in [0, 0.05) is 66.1 Å². The van der Waals surface area contributed by atoms with Gasteiger partial charge in [-0.05, 0) is 50.1 Å². The third-order valence-corrected chi connectivity index (χ3v) is 6.22. The number of nitrogens with zero attached hydrogens (tertiary/aromatic N) is 5. The van der Waals surface area contributed by atoms with Crippen molar-refractivity contribution in [2.45, 2.75) is 25.3 Å². The van der Waals surface area contributed by atoms with Crippen molar-refractivity contribution in [1.82, 2.24) is 20.0 Å². The van der Waals surface area contributed by atoms with Crippen molar-refractivity contribution in [3.05, 3.63) is 24.3 Å². The molecule has 8 nitrogen and oxygen atoms in total. The van der Waals surface area contributed by atoms with Gasteiger partial charge in [-0.25, -0.2) is 0 Å². The van der Waals surface area contributed by atoms with E-state index >= 15 is 0 Å². The quantitative estimate of drug-likeness (QED) is 0.239. The second-order valence-corrected chi connectivity index (χ2v) is 8.43. The molecule has 180 valence electrons. The summed E-state index contributed by atoms with van der Waals surface area (Å²) in [5.41, 5.74) is 1.23.